The first kappa shape index (κ1) is 102. The molecular weight excluding hydrogens is 1580 g/mol. The summed E-state index contributed by atoms with van der Waals surface area (Å²) in [5.41, 5.74) is 22.2. The van der Waals surface area contributed by atoms with Gasteiger partial charge in [0.2, 0.25) is 76.8 Å². The summed E-state index contributed by atoms with van der Waals surface area (Å²) < 4.78 is 55.7. The van der Waals surface area contributed by atoms with Gasteiger partial charge in [-0.2, -0.15) is 0 Å². The number of carbonyl (C=O) groups excluding carboxylic acids is 13. The Hall–Kier alpha value is -8.71. The molecule has 4 aliphatic heterocycles. The predicted octanol–water partition coefficient (Wildman–Crippen LogP) is -12.9. The number of carbonyl (C=O) groups is 15. The summed E-state index contributed by atoms with van der Waals surface area (Å²) in [6, 6.07) is -17.5. The second-order valence-electron chi connectivity index (χ2n) is 28.8. The SMILES string of the molecule is CC(=O)NC1C(OC2C(CO)OC(OC3C(CO)OC(OC4C(CO)OC(O)C(NC(C)=O)C4OC(C)C(=O)NC(C)C(=O)NC(CCC(=O)NC(CCCCN)C(=O)NC(C)C(=O)O)C(N)=O)C(NC(C)=O)C3O)C(NC(C)=O)C2OC(C)C(=O)NC(C)C(=O)NC(CCC(=O)NC(CCCCN)C(=O)O)C(N)=O)OC(CO)C(O)C1O. The van der Waals surface area contributed by atoms with Crippen LogP contribution in [0.25, 0.3) is 0 Å². The number of nitrogens with two attached hydrogens (primary N) is 4. The Morgan fingerprint density at radius 1 is 0.364 bits per heavy atom. The summed E-state index contributed by atoms with van der Waals surface area (Å²) >= 11 is 0. The summed E-state index contributed by atoms with van der Waals surface area (Å²) in [7, 11) is 0. The lowest BCUT2D eigenvalue weighted by Crippen LogP contribution is -2.72. The highest BCUT2D eigenvalue weighted by Gasteiger charge is 2.58. The van der Waals surface area contributed by atoms with Crippen LogP contribution in [0, 0.1) is 0 Å². The standard InChI is InChI=1S/C69H117N15O34/c1-26(59(100)83-35(57(72)98)16-18-43(93)81-37(14-10-12-20-70)63(104)76-28(3)64(105)106)74-61(102)29(4)110-55-47(79-33(8)91)66(109)112-41(24-87)53(55)117-68-46(78-32(7)90)51(97)52(40(23-86)114-68)116-69-48(80-34(9)92)56(54(42(25-88)115-69)118-67-45(77-31(6)89)50(96)49(95)39(22-85)113-67)111-30(5)62(103)75-27(2)60(101)84-36(58(73)99)17-19-44(94)82-38(65(107)108)15-11-13-21-71/h26-30,35-42,45-56,66-69,85-88,95-97,109H,10-25,70-71H2,1-9H3,(H2,72,98)(H2,73,99)(H,74,102)(H,75,103)(H,76,104)(H,77,89)(H,78,90)(H,79,91)(H,80,92)(H,81,93)(H,82,94)(H,83,100)(H,84,101)(H,105,106)(H,107,108). The Kier molecular flexibility index (Phi) is 42.3. The third kappa shape index (κ3) is 30.5. The van der Waals surface area contributed by atoms with Gasteiger partial charge in [0.15, 0.2) is 25.2 Å². The third-order valence-electron chi connectivity index (χ3n) is 19.3. The molecule has 49 nitrogen and oxygen atoms in total. The molecule has 0 spiro atoms. The van der Waals surface area contributed by atoms with E-state index in [2.05, 4.69) is 58.5 Å². The number of carboxylic acid groups (broad SMARTS) is 2. The highest BCUT2D eigenvalue weighted by atomic mass is 16.8. The fourth-order valence-electron chi connectivity index (χ4n) is 13.0. The molecule has 0 aliphatic carbocycles. The number of carboxylic acids is 2. The quantitative estimate of drug-likeness (QED) is 0.0252. The monoisotopic (exact) mass is 1700 g/mol. The van der Waals surface area contributed by atoms with Crippen LogP contribution >= 0.6 is 0 Å². The van der Waals surface area contributed by atoms with Crippen LogP contribution in [-0.2, 0) is 115 Å². The van der Waals surface area contributed by atoms with Gasteiger partial charge in [-0.05, 0) is 99.1 Å². The number of amides is 13. The van der Waals surface area contributed by atoms with E-state index in [0.29, 0.717) is 25.7 Å². The first-order chi connectivity index (χ1) is 55.5. The molecule has 4 heterocycles. The van der Waals surface area contributed by atoms with Crippen LogP contribution in [0.4, 0.5) is 0 Å². The summed E-state index contributed by atoms with van der Waals surface area (Å²) in [6.07, 6.45) is -35.3. The maximum atomic E-state index is 14.3. The second-order valence-corrected chi connectivity index (χ2v) is 28.8. The Balaban J connectivity index is 1.70. The zero-order valence-corrected chi connectivity index (χ0v) is 66.6. The van der Waals surface area contributed by atoms with Crippen molar-refractivity contribution in [2.45, 2.75) is 304 Å². The van der Waals surface area contributed by atoms with Crippen molar-refractivity contribution in [2.24, 2.45) is 22.9 Å². The molecule has 0 saturated carbocycles. The van der Waals surface area contributed by atoms with Gasteiger partial charge in [-0.25, -0.2) is 4.79 Å². The molecule has 0 aromatic rings. The Morgan fingerprint density at radius 2 is 0.720 bits per heavy atom. The average Bonchev–Trinajstić information content (AvgIpc) is 0.759. The molecule has 29 atom stereocenters. The fraction of sp³-hybridized carbons (Fsp3) is 0.783. The van der Waals surface area contributed by atoms with E-state index < -0.39 is 318 Å². The van der Waals surface area contributed by atoms with Crippen LogP contribution in [0.15, 0.2) is 0 Å². The lowest BCUT2D eigenvalue weighted by atomic mass is 9.92. The number of aliphatic carboxylic acids is 2. The molecule has 29 unspecified atom stereocenters. The number of hydrogen-bond acceptors (Lipinski definition) is 34. The smallest absolute Gasteiger partial charge is 0.326 e. The largest absolute Gasteiger partial charge is 0.480 e. The zero-order valence-electron chi connectivity index (χ0n) is 66.6. The van der Waals surface area contributed by atoms with E-state index in [0.717, 1.165) is 55.4 Å². The van der Waals surface area contributed by atoms with Crippen molar-refractivity contribution in [1.82, 2.24) is 58.5 Å². The first-order valence-corrected chi connectivity index (χ1v) is 38.2. The van der Waals surface area contributed by atoms with E-state index in [4.69, 9.17) is 65.6 Å². The molecule has 4 aliphatic rings. The van der Waals surface area contributed by atoms with Gasteiger partial charge in [0.25, 0.3) is 0 Å². The Morgan fingerprint density at radius 3 is 1.13 bits per heavy atom. The molecule has 4 fully saturated rings. The molecule has 13 amide bonds. The Bertz CT molecular complexity index is 3390. The van der Waals surface area contributed by atoms with Gasteiger partial charge in [0.05, 0.1) is 26.4 Å². The fourth-order valence-corrected chi connectivity index (χ4v) is 13.0. The van der Waals surface area contributed by atoms with Crippen LogP contribution in [0.3, 0.4) is 0 Å². The summed E-state index contributed by atoms with van der Waals surface area (Å²) in [4.78, 5) is 195. The van der Waals surface area contributed by atoms with Gasteiger partial charge in [0.1, 0.15) is 152 Å². The lowest BCUT2D eigenvalue weighted by Gasteiger charge is -2.52. The molecule has 4 rings (SSSR count). The summed E-state index contributed by atoms with van der Waals surface area (Å²) in [5.74, 6) is -15.4. The number of nitrogens with one attached hydrogen (secondary N) is 11. The molecule has 0 aromatic carbocycles. The maximum Gasteiger partial charge on any atom is 0.326 e. The van der Waals surface area contributed by atoms with Crippen molar-refractivity contribution >= 4 is 88.7 Å². The van der Waals surface area contributed by atoms with Crippen molar-refractivity contribution < 1.29 is 166 Å². The Labute approximate surface area is 676 Å². The van der Waals surface area contributed by atoms with Crippen molar-refractivity contribution in [2.75, 3.05) is 39.5 Å². The molecule has 4 saturated heterocycles. The molecule has 672 valence electrons. The van der Waals surface area contributed by atoms with Crippen molar-refractivity contribution in [3.05, 3.63) is 0 Å². The first-order valence-electron chi connectivity index (χ1n) is 38.2. The molecular formula is C69H117N15O34. The van der Waals surface area contributed by atoms with Crippen LogP contribution in [0.1, 0.15) is 127 Å². The van der Waals surface area contributed by atoms with E-state index in [9.17, 15) is 123 Å². The van der Waals surface area contributed by atoms with Crippen LogP contribution < -0.4 is 81.4 Å². The number of aliphatic hydroxyl groups excluding tert-OH is 8. The van der Waals surface area contributed by atoms with Crippen molar-refractivity contribution in [3.63, 3.8) is 0 Å². The summed E-state index contributed by atoms with van der Waals surface area (Å²) in [6.45, 7) is 5.75. The van der Waals surface area contributed by atoms with E-state index in [1.165, 1.54) is 6.92 Å². The highest BCUT2D eigenvalue weighted by molar-refractivity contribution is 5.94. The topological polar surface area (TPSA) is 778 Å². The van der Waals surface area contributed by atoms with E-state index in [-0.39, 0.29) is 25.9 Å². The lowest BCUT2D eigenvalue weighted by molar-refractivity contribution is -0.365. The molecule has 49 heteroatoms. The second kappa shape index (κ2) is 49.1. The highest BCUT2D eigenvalue weighted by Crippen LogP contribution is 2.37. The number of hydrogen-bond donors (Lipinski definition) is 25. The van der Waals surface area contributed by atoms with E-state index in [1.807, 2.05) is 0 Å². The number of aliphatic hydroxyl groups is 8. The minimum absolute atomic E-state index is 0.0317. The molecule has 0 aromatic heterocycles. The van der Waals surface area contributed by atoms with Gasteiger partial charge in [-0.3, -0.25) is 67.1 Å². The molecule has 29 N–H and O–H groups in total. The third-order valence-corrected chi connectivity index (χ3v) is 19.3. The number of unbranched alkanes of at least 4 members (excludes halogenated alkanes) is 2. The number of ether oxygens (including phenoxy) is 9. The number of primary amides is 2. The van der Waals surface area contributed by atoms with Gasteiger partial charge in [-0.1, -0.05) is 0 Å². The molecule has 0 radical (unpaired) electrons. The zero-order chi connectivity index (χ0) is 88.9. The van der Waals surface area contributed by atoms with E-state index in [1.54, 1.807) is 0 Å². The van der Waals surface area contributed by atoms with E-state index >= 15 is 0 Å². The minimum Gasteiger partial charge on any atom is -0.480 e. The van der Waals surface area contributed by atoms with Crippen molar-refractivity contribution in [1.29, 1.82) is 0 Å². The average molecular weight is 1700 g/mol. The van der Waals surface area contributed by atoms with Gasteiger partial charge in [0, 0.05) is 40.5 Å². The van der Waals surface area contributed by atoms with Crippen LogP contribution in [-0.4, -0.2) is 356 Å². The maximum absolute atomic E-state index is 14.3. The molecule has 118 heavy (non-hydrogen) atoms. The van der Waals surface area contributed by atoms with Crippen LogP contribution in [0.2, 0.25) is 0 Å². The van der Waals surface area contributed by atoms with Crippen LogP contribution in [0.5, 0.6) is 0 Å². The normalized spacial score (nSPS) is 29.2. The predicted molar refractivity (Wildman–Crippen MR) is 395 cm³/mol. The number of rotatable bonds is 48. The van der Waals surface area contributed by atoms with Gasteiger partial charge in [-0.15, -0.1) is 0 Å². The molecule has 0 bridgehead atoms. The summed E-state index contributed by atoms with van der Waals surface area (Å²) in [5, 5.41) is 135. The minimum atomic E-state index is -2.24. The van der Waals surface area contributed by atoms with Gasteiger partial charge < -0.3 is 175 Å². The van der Waals surface area contributed by atoms with Crippen molar-refractivity contribution in [3.8, 4) is 0 Å². The van der Waals surface area contributed by atoms with Gasteiger partial charge >= 0.3 is 11.9 Å².